The van der Waals surface area contributed by atoms with E-state index >= 15 is 0 Å². The maximum Gasteiger partial charge on any atom is 0.0557 e. The first-order chi connectivity index (χ1) is 7.42. The standard InChI is InChI=1S/C13H18ClNS/c1-5-12(15-16-13(2,3)4)10-7-6-8-11(14)9-10/h6-9H,5H2,1-4H3/b15-12+. The zero-order valence-corrected chi connectivity index (χ0v) is 11.8. The van der Waals surface area contributed by atoms with Crippen LogP contribution in [0, 0.1) is 0 Å². The normalized spacial score (nSPS) is 12.9. The summed E-state index contributed by atoms with van der Waals surface area (Å²) in [5, 5.41) is 0.763. The van der Waals surface area contributed by atoms with Gasteiger partial charge in [0.2, 0.25) is 0 Å². The van der Waals surface area contributed by atoms with Crippen molar-refractivity contribution in [2.45, 2.75) is 38.9 Å². The van der Waals surface area contributed by atoms with Crippen molar-refractivity contribution in [1.82, 2.24) is 0 Å². The van der Waals surface area contributed by atoms with E-state index in [1.807, 2.05) is 18.2 Å². The van der Waals surface area contributed by atoms with Crippen LogP contribution >= 0.6 is 23.5 Å². The number of rotatable bonds is 3. The fourth-order valence-corrected chi connectivity index (χ4v) is 1.99. The first-order valence-corrected chi connectivity index (χ1v) is 6.58. The molecular weight excluding hydrogens is 238 g/mol. The molecule has 16 heavy (non-hydrogen) atoms. The van der Waals surface area contributed by atoms with E-state index in [0.717, 1.165) is 22.7 Å². The Balaban J connectivity index is 2.90. The highest BCUT2D eigenvalue weighted by Crippen LogP contribution is 2.26. The van der Waals surface area contributed by atoms with Crippen molar-refractivity contribution >= 4 is 29.3 Å². The van der Waals surface area contributed by atoms with Crippen molar-refractivity contribution in [1.29, 1.82) is 0 Å². The van der Waals surface area contributed by atoms with Gasteiger partial charge in [-0.05, 0) is 56.8 Å². The lowest BCUT2D eigenvalue weighted by Gasteiger charge is -2.14. The van der Waals surface area contributed by atoms with E-state index in [-0.39, 0.29) is 4.75 Å². The van der Waals surface area contributed by atoms with Gasteiger partial charge in [0.15, 0.2) is 0 Å². The molecule has 0 atom stereocenters. The van der Waals surface area contributed by atoms with Crippen LogP contribution in [0.1, 0.15) is 39.7 Å². The van der Waals surface area contributed by atoms with Crippen LogP contribution in [0.2, 0.25) is 5.02 Å². The van der Waals surface area contributed by atoms with Crippen molar-refractivity contribution in [2.75, 3.05) is 0 Å². The molecule has 0 aromatic heterocycles. The Morgan fingerprint density at radius 3 is 2.56 bits per heavy atom. The average Bonchev–Trinajstić information content (AvgIpc) is 2.17. The van der Waals surface area contributed by atoms with Crippen LogP contribution in [0.3, 0.4) is 0 Å². The molecule has 0 fully saturated rings. The van der Waals surface area contributed by atoms with Crippen LogP contribution in [-0.4, -0.2) is 10.5 Å². The molecular formula is C13H18ClNS. The Bertz CT molecular complexity index is 380. The first-order valence-electron chi connectivity index (χ1n) is 5.43. The molecule has 0 amide bonds. The molecule has 0 saturated carbocycles. The number of halogens is 1. The molecule has 0 aliphatic carbocycles. The molecule has 1 aromatic carbocycles. The quantitative estimate of drug-likeness (QED) is 0.548. The summed E-state index contributed by atoms with van der Waals surface area (Å²) >= 11 is 7.59. The van der Waals surface area contributed by atoms with Gasteiger partial charge >= 0.3 is 0 Å². The molecule has 0 saturated heterocycles. The van der Waals surface area contributed by atoms with Crippen LogP contribution < -0.4 is 0 Å². The van der Waals surface area contributed by atoms with E-state index < -0.39 is 0 Å². The minimum atomic E-state index is 0.152. The van der Waals surface area contributed by atoms with Crippen molar-refractivity contribution in [3.05, 3.63) is 34.9 Å². The lowest BCUT2D eigenvalue weighted by molar-refractivity contribution is 0.804. The van der Waals surface area contributed by atoms with Gasteiger partial charge in [-0.3, -0.25) is 0 Å². The molecule has 3 heteroatoms. The number of nitrogens with zero attached hydrogens (tertiary/aromatic N) is 1. The molecule has 0 aliphatic heterocycles. The van der Waals surface area contributed by atoms with Gasteiger partial charge in [0, 0.05) is 9.77 Å². The van der Waals surface area contributed by atoms with E-state index in [1.165, 1.54) is 0 Å². The summed E-state index contributed by atoms with van der Waals surface area (Å²) in [5.41, 5.74) is 2.22. The Kier molecular flexibility index (Phi) is 4.88. The van der Waals surface area contributed by atoms with Crippen LogP contribution in [0.25, 0.3) is 0 Å². The van der Waals surface area contributed by atoms with Gasteiger partial charge in [-0.1, -0.05) is 30.7 Å². The maximum atomic E-state index is 5.97. The maximum absolute atomic E-state index is 5.97. The summed E-state index contributed by atoms with van der Waals surface area (Å²) in [6, 6.07) is 7.87. The monoisotopic (exact) mass is 255 g/mol. The van der Waals surface area contributed by atoms with E-state index in [2.05, 4.69) is 38.2 Å². The van der Waals surface area contributed by atoms with Gasteiger partial charge in [-0.15, -0.1) is 0 Å². The predicted molar refractivity (Wildman–Crippen MR) is 75.6 cm³/mol. The molecule has 0 N–H and O–H groups in total. The number of hydrogen-bond acceptors (Lipinski definition) is 2. The lowest BCUT2D eigenvalue weighted by atomic mass is 10.1. The van der Waals surface area contributed by atoms with Crippen LogP contribution in [0.15, 0.2) is 28.7 Å². The second-order valence-corrected chi connectivity index (χ2v) is 6.63. The van der Waals surface area contributed by atoms with Crippen molar-refractivity contribution in [3.8, 4) is 0 Å². The Labute approximate surface area is 107 Å². The van der Waals surface area contributed by atoms with Gasteiger partial charge in [0.1, 0.15) is 0 Å². The summed E-state index contributed by atoms with van der Waals surface area (Å²) in [7, 11) is 0. The minimum absolute atomic E-state index is 0.152. The second-order valence-electron chi connectivity index (χ2n) is 4.61. The van der Waals surface area contributed by atoms with Crippen molar-refractivity contribution < 1.29 is 0 Å². The minimum Gasteiger partial charge on any atom is -0.220 e. The molecule has 0 bridgehead atoms. The smallest absolute Gasteiger partial charge is 0.0557 e. The molecule has 1 rings (SSSR count). The van der Waals surface area contributed by atoms with E-state index in [4.69, 9.17) is 11.6 Å². The van der Waals surface area contributed by atoms with Crippen LogP contribution in [0.5, 0.6) is 0 Å². The largest absolute Gasteiger partial charge is 0.220 e. The zero-order chi connectivity index (χ0) is 12.2. The fourth-order valence-electron chi connectivity index (χ4n) is 1.18. The highest BCUT2D eigenvalue weighted by molar-refractivity contribution is 7.99. The van der Waals surface area contributed by atoms with Gasteiger partial charge in [0.25, 0.3) is 0 Å². The fraction of sp³-hybridized carbons (Fsp3) is 0.462. The van der Waals surface area contributed by atoms with Gasteiger partial charge in [-0.2, -0.15) is 0 Å². The third-order valence-corrected chi connectivity index (χ3v) is 3.02. The molecule has 0 radical (unpaired) electrons. The molecule has 0 spiro atoms. The SMILES string of the molecule is CC/C(=N\SC(C)(C)C)c1cccc(Cl)c1. The molecule has 1 aromatic rings. The topological polar surface area (TPSA) is 12.4 Å². The van der Waals surface area contributed by atoms with E-state index in [9.17, 15) is 0 Å². The van der Waals surface area contributed by atoms with Crippen LogP contribution in [0.4, 0.5) is 0 Å². The summed E-state index contributed by atoms with van der Waals surface area (Å²) < 4.78 is 4.75. The summed E-state index contributed by atoms with van der Waals surface area (Å²) in [4.78, 5) is 0. The number of benzene rings is 1. The molecule has 0 unspecified atom stereocenters. The Hall–Kier alpha value is -0.470. The summed E-state index contributed by atoms with van der Waals surface area (Å²) in [6.45, 7) is 8.59. The Morgan fingerprint density at radius 2 is 2.06 bits per heavy atom. The summed E-state index contributed by atoms with van der Waals surface area (Å²) in [6.07, 6.45) is 0.920. The lowest BCUT2D eigenvalue weighted by Crippen LogP contribution is -2.07. The van der Waals surface area contributed by atoms with Crippen molar-refractivity contribution in [3.63, 3.8) is 0 Å². The third-order valence-electron chi connectivity index (χ3n) is 1.92. The highest BCUT2D eigenvalue weighted by atomic mass is 35.5. The molecule has 88 valence electrons. The van der Waals surface area contributed by atoms with E-state index in [1.54, 1.807) is 11.9 Å². The third kappa shape index (κ3) is 4.58. The Morgan fingerprint density at radius 1 is 1.38 bits per heavy atom. The second kappa shape index (κ2) is 5.74. The zero-order valence-electron chi connectivity index (χ0n) is 10.2. The van der Waals surface area contributed by atoms with E-state index in [0.29, 0.717) is 0 Å². The molecule has 1 nitrogen and oxygen atoms in total. The highest BCUT2D eigenvalue weighted by Gasteiger charge is 2.11. The summed E-state index contributed by atoms with van der Waals surface area (Å²) in [5.74, 6) is 0. The van der Waals surface area contributed by atoms with Gasteiger partial charge < -0.3 is 0 Å². The predicted octanol–water partition coefficient (Wildman–Crippen LogP) is 4.99. The molecule has 0 heterocycles. The van der Waals surface area contributed by atoms with Crippen LogP contribution in [-0.2, 0) is 0 Å². The van der Waals surface area contributed by atoms with Crippen molar-refractivity contribution in [2.24, 2.45) is 4.40 Å². The number of hydrogen-bond donors (Lipinski definition) is 0. The molecule has 0 aliphatic rings. The first kappa shape index (κ1) is 13.6. The van der Waals surface area contributed by atoms with Gasteiger partial charge in [-0.25, -0.2) is 4.40 Å². The van der Waals surface area contributed by atoms with Gasteiger partial charge in [0.05, 0.1) is 5.71 Å². The average molecular weight is 256 g/mol.